The van der Waals surface area contributed by atoms with Crippen molar-refractivity contribution in [2.45, 2.75) is 44.4 Å². The number of carbonyl (C=O) groups is 1. The average Bonchev–Trinajstić information content (AvgIpc) is 2.36. The van der Waals surface area contributed by atoms with Gasteiger partial charge in [-0.2, -0.15) is 0 Å². The Morgan fingerprint density at radius 1 is 1.26 bits per heavy atom. The van der Waals surface area contributed by atoms with Gasteiger partial charge in [0.15, 0.2) is 0 Å². The van der Waals surface area contributed by atoms with E-state index in [-0.39, 0.29) is 12.2 Å². The second-order valence-corrected chi connectivity index (χ2v) is 4.89. The highest BCUT2D eigenvalue weighted by molar-refractivity contribution is 5.72. The van der Waals surface area contributed by atoms with Crippen LogP contribution in [0.2, 0.25) is 0 Å². The summed E-state index contributed by atoms with van der Waals surface area (Å²) >= 11 is 0. The molecule has 0 radical (unpaired) electrons. The zero-order valence-corrected chi connectivity index (χ0v) is 11.3. The third kappa shape index (κ3) is 6.33. The molecule has 5 heteroatoms. The molecule has 0 aromatic heterocycles. The molecule has 0 spiro atoms. The summed E-state index contributed by atoms with van der Waals surface area (Å²) in [7, 11) is 0. The van der Waals surface area contributed by atoms with Gasteiger partial charge >= 0.3 is 5.97 Å². The van der Waals surface area contributed by atoms with Gasteiger partial charge < -0.3 is 16.6 Å². The Balaban J connectivity index is 2.28. The second kappa shape index (κ2) is 7.89. The standard InChI is InChI=1S/C14H23N3O2/c1-10(9-11-5-3-2-4-6-11)17-13(16)8-7-12(15)14(18)19/h2-6,10,12-13,17H,7-9,15-16H2,1H3,(H,18,19)/t10?,12-,13?/m0/s1. The van der Waals surface area contributed by atoms with Crippen LogP contribution in [0.15, 0.2) is 30.3 Å². The monoisotopic (exact) mass is 265 g/mol. The van der Waals surface area contributed by atoms with Crippen molar-refractivity contribution in [3.05, 3.63) is 35.9 Å². The van der Waals surface area contributed by atoms with E-state index in [1.807, 2.05) is 18.2 Å². The van der Waals surface area contributed by atoms with Crippen molar-refractivity contribution in [3.63, 3.8) is 0 Å². The van der Waals surface area contributed by atoms with Gasteiger partial charge in [0.25, 0.3) is 0 Å². The van der Waals surface area contributed by atoms with Crippen molar-refractivity contribution in [2.75, 3.05) is 0 Å². The van der Waals surface area contributed by atoms with Gasteiger partial charge in [-0.3, -0.25) is 10.1 Å². The summed E-state index contributed by atoms with van der Waals surface area (Å²) in [5.74, 6) is -0.982. The third-order valence-electron chi connectivity index (χ3n) is 2.99. The lowest BCUT2D eigenvalue weighted by Crippen LogP contribution is -2.45. The second-order valence-electron chi connectivity index (χ2n) is 4.89. The lowest BCUT2D eigenvalue weighted by molar-refractivity contribution is -0.138. The zero-order chi connectivity index (χ0) is 14.3. The first-order chi connectivity index (χ1) is 8.99. The Morgan fingerprint density at radius 3 is 2.47 bits per heavy atom. The van der Waals surface area contributed by atoms with Gasteiger partial charge in [0.2, 0.25) is 0 Å². The normalized spacial score (nSPS) is 15.7. The summed E-state index contributed by atoms with van der Waals surface area (Å²) in [5, 5.41) is 11.9. The molecule has 0 fully saturated rings. The minimum absolute atomic E-state index is 0.232. The van der Waals surface area contributed by atoms with Gasteiger partial charge in [-0.25, -0.2) is 0 Å². The predicted octanol–water partition coefficient (Wildman–Crippen LogP) is 0.684. The number of aliphatic carboxylic acids is 1. The van der Waals surface area contributed by atoms with E-state index < -0.39 is 12.0 Å². The van der Waals surface area contributed by atoms with E-state index in [4.69, 9.17) is 16.6 Å². The molecule has 0 saturated carbocycles. The van der Waals surface area contributed by atoms with Crippen molar-refractivity contribution in [3.8, 4) is 0 Å². The summed E-state index contributed by atoms with van der Waals surface area (Å²) in [5.41, 5.74) is 12.6. The number of nitrogens with two attached hydrogens (primary N) is 2. The zero-order valence-electron chi connectivity index (χ0n) is 11.3. The maximum atomic E-state index is 10.6. The smallest absolute Gasteiger partial charge is 0.320 e. The van der Waals surface area contributed by atoms with Crippen LogP contribution in [0.5, 0.6) is 0 Å². The molecule has 0 heterocycles. The lowest BCUT2D eigenvalue weighted by atomic mass is 10.1. The molecule has 6 N–H and O–H groups in total. The van der Waals surface area contributed by atoms with E-state index in [2.05, 4.69) is 24.4 Å². The fraction of sp³-hybridized carbons (Fsp3) is 0.500. The van der Waals surface area contributed by atoms with Crippen molar-refractivity contribution in [1.29, 1.82) is 0 Å². The van der Waals surface area contributed by atoms with E-state index in [0.29, 0.717) is 12.8 Å². The molecule has 1 aromatic carbocycles. The van der Waals surface area contributed by atoms with Gasteiger partial charge in [0, 0.05) is 6.04 Å². The molecule has 0 aliphatic rings. The molecule has 106 valence electrons. The van der Waals surface area contributed by atoms with E-state index in [0.717, 1.165) is 6.42 Å². The largest absolute Gasteiger partial charge is 0.480 e. The minimum Gasteiger partial charge on any atom is -0.480 e. The van der Waals surface area contributed by atoms with Crippen LogP contribution in [0.4, 0.5) is 0 Å². The number of rotatable bonds is 8. The number of hydrogen-bond donors (Lipinski definition) is 4. The Morgan fingerprint density at radius 2 is 1.89 bits per heavy atom. The van der Waals surface area contributed by atoms with Gasteiger partial charge in [-0.15, -0.1) is 0 Å². The number of carboxylic acids is 1. The molecular formula is C14H23N3O2. The van der Waals surface area contributed by atoms with Crippen LogP contribution in [0.3, 0.4) is 0 Å². The van der Waals surface area contributed by atoms with Crippen LogP contribution in [-0.4, -0.2) is 29.3 Å². The third-order valence-corrected chi connectivity index (χ3v) is 2.99. The van der Waals surface area contributed by atoms with E-state index in [1.165, 1.54) is 5.56 Å². The van der Waals surface area contributed by atoms with Crippen LogP contribution in [0.1, 0.15) is 25.3 Å². The highest BCUT2D eigenvalue weighted by Crippen LogP contribution is 2.04. The number of nitrogens with one attached hydrogen (secondary N) is 1. The van der Waals surface area contributed by atoms with Crippen molar-refractivity contribution >= 4 is 5.97 Å². The van der Waals surface area contributed by atoms with E-state index in [9.17, 15) is 4.79 Å². The van der Waals surface area contributed by atoms with Gasteiger partial charge in [-0.1, -0.05) is 30.3 Å². The molecule has 0 amide bonds. The lowest BCUT2D eigenvalue weighted by Gasteiger charge is -2.20. The summed E-state index contributed by atoms with van der Waals surface area (Å²) in [6.07, 6.45) is 1.58. The van der Waals surface area contributed by atoms with Crippen LogP contribution in [-0.2, 0) is 11.2 Å². The number of benzene rings is 1. The van der Waals surface area contributed by atoms with Gasteiger partial charge in [0.1, 0.15) is 6.04 Å². The topological polar surface area (TPSA) is 101 Å². The van der Waals surface area contributed by atoms with Gasteiger partial charge in [0.05, 0.1) is 6.17 Å². The van der Waals surface area contributed by atoms with Gasteiger partial charge in [-0.05, 0) is 31.7 Å². The molecular weight excluding hydrogens is 242 g/mol. The summed E-state index contributed by atoms with van der Waals surface area (Å²) in [6.45, 7) is 2.06. The maximum absolute atomic E-state index is 10.6. The molecule has 0 saturated heterocycles. The van der Waals surface area contributed by atoms with Crippen LogP contribution < -0.4 is 16.8 Å². The molecule has 0 aliphatic carbocycles. The fourth-order valence-corrected chi connectivity index (χ4v) is 1.96. The Bertz CT molecular complexity index is 384. The molecule has 3 atom stereocenters. The molecule has 1 aromatic rings. The first kappa shape index (κ1) is 15.6. The highest BCUT2D eigenvalue weighted by atomic mass is 16.4. The van der Waals surface area contributed by atoms with Crippen molar-refractivity contribution in [1.82, 2.24) is 5.32 Å². The van der Waals surface area contributed by atoms with Crippen molar-refractivity contribution < 1.29 is 9.90 Å². The molecule has 5 nitrogen and oxygen atoms in total. The molecule has 0 aliphatic heterocycles. The maximum Gasteiger partial charge on any atom is 0.320 e. The van der Waals surface area contributed by atoms with Crippen LogP contribution in [0.25, 0.3) is 0 Å². The minimum atomic E-state index is -0.982. The fourth-order valence-electron chi connectivity index (χ4n) is 1.96. The predicted molar refractivity (Wildman–Crippen MR) is 75.6 cm³/mol. The molecule has 0 bridgehead atoms. The van der Waals surface area contributed by atoms with Crippen LogP contribution in [0, 0.1) is 0 Å². The highest BCUT2D eigenvalue weighted by Gasteiger charge is 2.14. The Hall–Kier alpha value is -1.43. The molecule has 2 unspecified atom stereocenters. The molecule has 19 heavy (non-hydrogen) atoms. The first-order valence-electron chi connectivity index (χ1n) is 6.53. The Labute approximate surface area is 114 Å². The summed E-state index contributed by atoms with van der Waals surface area (Å²) in [4.78, 5) is 10.6. The first-order valence-corrected chi connectivity index (χ1v) is 6.53. The Kier molecular flexibility index (Phi) is 6.49. The number of hydrogen-bond acceptors (Lipinski definition) is 4. The SMILES string of the molecule is CC(Cc1ccccc1)NC(N)CC[C@H](N)C(=O)O. The summed E-state index contributed by atoms with van der Waals surface area (Å²) in [6, 6.07) is 9.55. The quantitative estimate of drug-likeness (QED) is 0.518. The van der Waals surface area contributed by atoms with E-state index in [1.54, 1.807) is 0 Å². The van der Waals surface area contributed by atoms with Crippen LogP contribution >= 0.6 is 0 Å². The summed E-state index contributed by atoms with van der Waals surface area (Å²) < 4.78 is 0. The average molecular weight is 265 g/mol. The molecule has 1 rings (SSSR count). The number of carboxylic acid groups (broad SMARTS) is 1. The van der Waals surface area contributed by atoms with Crippen molar-refractivity contribution in [2.24, 2.45) is 11.5 Å². The van der Waals surface area contributed by atoms with E-state index >= 15 is 0 Å².